The van der Waals surface area contributed by atoms with Gasteiger partial charge in [-0.2, -0.15) is 0 Å². The summed E-state index contributed by atoms with van der Waals surface area (Å²) in [6.45, 7) is 2.13. The van der Waals surface area contributed by atoms with Crippen molar-refractivity contribution in [1.82, 2.24) is 5.32 Å². The predicted molar refractivity (Wildman–Crippen MR) is 146 cm³/mol. The van der Waals surface area contributed by atoms with Crippen molar-refractivity contribution >= 4 is 60.9 Å². The summed E-state index contributed by atoms with van der Waals surface area (Å²) >= 11 is 13.7. The van der Waals surface area contributed by atoms with Gasteiger partial charge in [-0.15, -0.1) is 0 Å². The molecule has 0 saturated carbocycles. The van der Waals surface area contributed by atoms with E-state index in [0.29, 0.717) is 55.5 Å². The predicted octanol–water partition coefficient (Wildman–Crippen LogP) is 7.19. The molecule has 1 N–H and O–H groups in total. The molecule has 182 valence electrons. The molecule has 0 bridgehead atoms. The molecule has 5 nitrogen and oxygen atoms in total. The number of carbonyl (C=O) groups excluding carboxylic acids is 2. The van der Waals surface area contributed by atoms with Crippen LogP contribution in [0.25, 0.3) is 5.70 Å². The minimum absolute atomic E-state index is 0.130. The van der Waals surface area contributed by atoms with Crippen molar-refractivity contribution in [3.63, 3.8) is 0 Å². The monoisotopic (exact) mass is 627 g/mol. The van der Waals surface area contributed by atoms with Gasteiger partial charge in [-0.25, -0.2) is 4.79 Å². The Morgan fingerprint density at radius 3 is 2.42 bits per heavy atom. The normalized spacial score (nSPS) is 16.5. The molecule has 3 aromatic carbocycles. The molecular weight excluding hydrogens is 610 g/mol. The quantitative estimate of drug-likeness (QED) is 0.303. The number of esters is 1. The van der Waals surface area contributed by atoms with E-state index in [9.17, 15) is 9.59 Å². The van der Waals surface area contributed by atoms with E-state index in [1.165, 1.54) is 7.11 Å². The summed E-state index contributed by atoms with van der Waals surface area (Å²) in [4.78, 5) is 26.5. The highest BCUT2D eigenvalue weighted by atomic mass is 79.9. The zero-order valence-electron chi connectivity index (χ0n) is 19.3. The van der Waals surface area contributed by atoms with Gasteiger partial charge in [0.1, 0.15) is 6.61 Å². The first kappa shape index (κ1) is 24.8. The molecule has 0 aromatic heterocycles. The van der Waals surface area contributed by atoms with Crippen LogP contribution in [-0.2, 0) is 16.1 Å². The second-order valence-corrected chi connectivity index (χ2v) is 10.7. The number of allylic oxidation sites excluding steroid dienone is 2. The fourth-order valence-corrected chi connectivity index (χ4v) is 5.92. The second kappa shape index (κ2) is 9.88. The highest BCUT2D eigenvalue weighted by Crippen LogP contribution is 2.48. The highest BCUT2D eigenvalue weighted by molar-refractivity contribution is 9.10. The van der Waals surface area contributed by atoms with Crippen molar-refractivity contribution < 1.29 is 19.1 Å². The molecule has 0 spiro atoms. The first-order valence-electron chi connectivity index (χ1n) is 11.1. The molecular formula is C28H20Br2ClNO4. The minimum atomic E-state index is -0.664. The molecule has 0 amide bonds. The van der Waals surface area contributed by atoms with E-state index in [1.54, 1.807) is 19.1 Å². The van der Waals surface area contributed by atoms with Gasteiger partial charge in [0.2, 0.25) is 0 Å². The van der Waals surface area contributed by atoms with Crippen LogP contribution in [0.1, 0.15) is 39.9 Å². The molecule has 5 rings (SSSR count). The molecule has 3 aromatic rings. The Labute approximate surface area is 230 Å². The van der Waals surface area contributed by atoms with Crippen molar-refractivity contribution in [3.8, 4) is 5.75 Å². The Morgan fingerprint density at radius 2 is 1.75 bits per heavy atom. The Hall–Kier alpha value is -2.87. The van der Waals surface area contributed by atoms with Crippen LogP contribution in [0.5, 0.6) is 5.75 Å². The fourth-order valence-electron chi connectivity index (χ4n) is 4.66. The van der Waals surface area contributed by atoms with Crippen molar-refractivity contribution in [2.75, 3.05) is 7.11 Å². The lowest BCUT2D eigenvalue weighted by Gasteiger charge is -2.29. The summed E-state index contributed by atoms with van der Waals surface area (Å²) in [5.74, 6) is -0.825. The minimum Gasteiger partial charge on any atom is -0.486 e. The van der Waals surface area contributed by atoms with Crippen LogP contribution in [0.3, 0.4) is 0 Å². The zero-order valence-corrected chi connectivity index (χ0v) is 23.3. The maximum absolute atomic E-state index is 13.6. The molecule has 0 unspecified atom stereocenters. The van der Waals surface area contributed by atoms with Gasteiger partial charge in [0, 0.05) is 32.8 Å². The lowest BCUT2D eigenvalue weighted by molar-refractivity contribution is -0.136. The summed E-state index contributed by atoms with van der Waals surface area (Å²) in [7, 11) is 1.33. The molecule has 1 aliphatic carbocycles. The topological polar surface area (TPSA) is 64.6 Å². The number of benzene rings is 3. The van der Waals surface area contributed by atoms with Gasteiger partial charge in [0.05, 0.1) is 27.9 Å². The van der Waals surface area contributed by atoms with E-state index in [0.717, 1.165) is 15.6 Å². The van der Waals surface area contributed by atoms with Gasteiger partial charge in [-0.05, 0) is 58.2 Å². The Balaban J connectivity index is 1.57. The van der Waals surface area contributed by atoms with Gasteiger partial charge in [0.15, 0.2) is 11.5 Å². The molecule has 0 fully saturated rings. The van der Waals surface area contributed by atoms with Crippen LogP contribution in [0.2, 0.25) is 5.02 Å². The summed E-state index contributed by atoms with van der Waals surface area (Å²) in [6, 6.07) is 18.8. The van der Waals surface area contributed by atoms with Gasteiger partial charge in [-0.1, -0.05) is 63.9 Å². The molecule has 36 heavy (non-hydrogen) atoms. The highest BCUT2D eigenvalue weighted by Gasteiger charge is 2.43. The standard InChI is InChI=1S/C28H20Br2ClNO4/c1-14-22(28(34)35-2)23(24-25(32-14)18-5-3-4-6-19(18)26(24)33)16-11-20(30)27(21(31)12-16)36-13-15-7-9-17(29)10-8-15/h3-12,23,32H,13H2,1-2H3/t23-/m0/s1. The smallest absolute Gasteiger partial charge is 0.336 e. The third-order valence-electron chi connectivity index (χ3n) is 6.30. The Morgan fingerprint density at radius 1 is 1.06 bits per heavy atom. The maximum atomic E-state index is 13.6. The maximum Gasteiger partial charge on any atom is 0.336 e. The van der Waals surface area contributed by atoms with E-state index in [1.807, 2.05) is 48.5 Å². The summed E-state index contributed by atoms with van der Waals surface area (Å²) in [5.41, 5.74) is 5.25. The van der Waals surface area contributed by atoms with Crippen LogP contribution in [0.15, 0.2) is 86.5 Å². The van der Waals surface area contributed by atoms with Crippen molar-refractivity contribution in [2.45, 2.75) is 19.4 Å². The van der Waals surface area contributed by atoms with E-state index < -0.39 is 11.9 Å². The molecule has 8 heteroatoms. The molecule has 1 aliphatic heterocycles. The number of halogens is 3. The first-order chi connectivity index (χ1) is 17.3. The molecule has 0 radical (unpaired) electrons. The number of methoxy groups -OCH3 is 1. The van der Waals surface area contributed by atoms with Gasteiger partial charge < -0.3 is 14.8 Å². The zero-order chi connectivity index (χ0) is 25.6. The first-order valence-corrected chi connectivity index (χ1v) is 13.1. The van der Waals surface area contributed by atoms with Crippen molar-refractivity contribution in [1.29, 1.82) is 0 Å². The second-order valence-electron chi connectivity index (χ2n) is 8.48. The number of carbonyl (C=O) groups is 2. The van der Waals surface area contributed by atoms with Crippen molar-refractivity contribution in [2.24, 2.45) is 0 Å². The number of hydrogen-bond acceptors (Lipinski definition) is 5. The Bertz CT molecular complexity index is 1450. The number of Topliss-reactive ketones (excluding diaryl/α,β-unsaturated/α-hetero) is 1. The lowest BCUT2D eigenvalue weighted by atomic mass is 9.80. The average Bonchev–Trinajstić information content (AvgIpc) is 3.14. The number of rotatable bonds is 5. The number of nitrogens with one attached hydrogen (secondary N) is 1. The van der Waals surface area contributed by atoms with Crippen LogP contribution in [0, 0.1) is 0 Å². The number of hydrogen-bond donors (Lipinski definition) is 1. The fraction of sp³-hybridized carbons (Fsp3) is 0.143. The number of ketones is 1. The average molecular weight is 630 g/mol. The van der Waals surface area contributed by atoms with E-state index in [2.05, 4.69) is 37.2 Å². The molecule has 2 aliphatic rings. The van der Waals surface area contributed by atoms with Crippen molar-refractivity contribution in [3.05, 3.63) is 114 Å². The summed E-state index contributed by atoms with van der Waals surface area (Å²) < 4.78 is 12.7. The van der Waals surface area contributed by atoms with Crippen LogP contribution < -0.4 is 10.1 Å². The third-order valence-corrected chi connectivity index (χ3v) is 7.70. The number of dihydropyridines is 1. The molecule has 1 heterocycles. The van der Waals surface area contributed by atoms with E-state index in [4.69, 9.17) is 21.1 Å². The van der Waals surface area contributed by atoms with Gasteiger partial charge >= 0.3 is 5.97 Å². The van der Waals surface area contributed by atoms with Crippen LogP contribution >= 0.6 is 43.5 Å². The summed E-state index contributed by atoms with van der Waals surface area (Å²) in [5, 5.41) is 3.64. The Kier molecular flexibility index (Phi) is 6.81. The number of ether oxygens (including phenoxy) is 2. The van der Waals surface area contributed by atoms with Crippen LogP contribution in [-0.4, -0.2) is 18.9 Å². The largest absolute Gasteiger partial charge is 0.486 e. The molecule has 0 saturated heterocycles. The van der Waals surface area contributed by atoms with Crippen LogP contribution in [0.4, 0.5) is 0 Å². The van der Waals surface area contributed by atoms with E-state index >= 15 is 0 Å². The lowest BCUT2D eigenvalue weighted by Crippen LogP contribution is -2.29. The SMILES string of the molecule is COC(=O)C1=C(C)NC2=C(C(=O)c3ccccc32)[C@H]1c1cc(Cl)c(OCc2ccc(Br)cc2)c(Br)c1. The van der Waals surface area contributed by atoms with E-state index in [-0.39, 0.29) is 5.78 Å². The van der Waals surface area contributed by atoms with Gasteiger partial charge in [-0.3, -0.25) is 4.79 Å². The third kappa shape index (κ3) is 4.29. The van der Waals surface area contributed by atoms with Gasteiger partial charge in [0.25, 0.3) is 0 Å². The summed E-state index contributed by atoms with van der Waals surface area (Å²) in [6.07, 6.45) is 0. The molecule has 1 atom stereocenters. The number of fused-ring (bicyclic) bond motifs is 2.